The third kappa shape index (κ3) is 2.60. The lowest BCUT2D eigenvalue weighted by Gasteiger charge is -2.05. The van der Waals surface area contributed by atoms with E-state index in [1.165, 1.54) is 0 Å². The molecule has 0 amide bonds. The fourth-order valence-electron chi connectivity index (χ4n) is 1.15. The van der Waals surface area contributed by atoms with Crippen molar-refractivity contribution in [3.63, 3.8) is 0 Å². The third-order valence-electron chi connectivity index (χ3n) is 1.76. The molecule has 0 saturated carbocycles. The summed E-state index contributed by atoms with van der Waals surface area (Å²) in [5.74, 6) is 1.10. The molecule has 0 atom stereocenters. The molecule has 1 aromatic heterocycles. The highest BCUT2D eigenvalue weighted by atomic mass is 35.5. The smallest absolute Gasteiger partial charge is 0.222 e. The van der Waals surface area contributed by atoms with Crippen LogP contribution in [0.2, 0.25) is 5.15 Å². The zero-order valence-electron chi connectivity index (χ0n) is 7.85. The van der Waals surface area contributed by atoms with E-state index in [-0.39, 0.29) is 0 Å². The standard InChI is InChI=1S/C11H9ClN2O/c12-10-6-8(13)7-11(14-10)15-9-4-2-1-3-5-9/h1-7H,(H2,13,14). The summed E-state index contributed by atoms with van der Waals surface area (Å²) in [6.07, 6.45) is 0. The van der Waals surface area contributed by atoms with Crippen LogP contribution in [-0.4, -0.2) is 4.98 Å². The second-order valence-corrected chi connectivity index (χ2v) is 3.36. The molecule has 0 aliphatic carbocycles. The van der Waals surface area contributed by atoms with E-state index in [9.17, 15) is 0 Å². The van der Waals surface area contributed by atoms with E-state index in [1.807, 2.05) is 30.3 Å². The largest absolute Gasteiger partial charge is 0.439 e. The van der Waals surface area contributed by atoms with Crippen molar-refractivity contribution in [2.45, 2.75) is 0 Å². The van der Waals surface area contributed by atoms with Crippen LogP contribution in [0.3, 0.4) is 0 Å². The van der Waals surface area contributed by atoms with Gasteiger partial charge in [0, 0.05) is 11.8 Å². The van der Waals surface area contributed by atoms with Crippen molar-refractivity contribution in [3.05, 3.63) is 47.6 Å². The molecule has 1 aromatic carbocycles. The van der Waals surface area contributed by atoms with Crippen molar-refractivity contribution >= 4 is 17.3 Å². The van der Waals surface area contributed by atoms with E-state index < -0.39 is 0 Å². The molecule has 0 bridgehead atoms. The number of rotatable bonds is 2. The number of nitrogens with zero attached hydrogens (tertiary/aromatic N) is 1. The van der Waals surface area contributed by atoms with Crippen molar-refractivity contribution in [2.75, 3.05) is 5.73 Å². The molecule has 0 unspecified atom stereocenters. The highest BCUT2D eigenvalue weighted by Gasteiger charge is 2.01. The molecule has 0 radical (unpaired) electrons. The number of para-hydroxylation sites is 1. The highest BCUT2D eigenvalue weighted by Crippen LogP contribution is 2.23. The maximum atomic E-state index is 5.75. The van der Waals surface area contributed by atoms with Gasteiger partial charge in [0.25, 0.3) is 0 Å². The minimum atomic E-state index is 0.320. The van der Waals surface area contributed by atoms with Crippen molar-refractivity contribution in [3.8, 4) is 11.6 Å². The number of nitrogen functional groups attached to an aromatic ring is 1. The molecule has 0 fully saturated rings. The number of benzene rings is 1. The van der Waals surface area contributed by atoms with Crippen molar-refractivity contribution in [2.24, 2.45) is 0 Å². The summed E-state index contributed by atoms with van der Waals surface area (Å²) in [7, 11) is 0. The number of pyridine rings is 1. The van der Waals surface area contributed by atoms with Crippen molar-refractivity contribution < 1.29 is 4.74 Å². The molecule has 15 heavy (non-hydrogen) atoms. The second-order valence-electron chi connectivity index (χ2n) is 2.98. The Morgan fingerprint density at radius 2 is 1.87 bits per heavy atom. The van der Waals surface area contributed by atoms with Crippen LogP contribution in [0.15, 0.2) is 42.5 Å². The summed E-state index contributed by atoms with van der Waals surface area (Å²) in [6, 6.07) is 12.5. The second kappa shape index (κ2) is 4.19. The predicted molar refractivity (Wildman–Crippen MR) is 60.2 cm³/mol. The number of aromatic nitrogens is 1. The molecule has 0 aliphatic rings. The molecule has 0 saturated heterocycles. The van der Waals surface area contributed by atoms with Crippen molar-refractivity contribution in [1.29, 1.82) is 0 Å². The monoisotopic (exact) mass is 220 g/mol. The number of ether oxygens (including phenoxy) is 1. The highest BCUT2D eigenvalue weighted by molar-refractivity contribution is 6.29. The van der Waals surface area contributed by atoms with Gasteiger partial charge in [0.15, 0.2) is 0 Å². The molecule has 2 rings (SSSR count). The molecule has 0 spiro atoms. The minimum absolute atomic E-state index is 0.320. The van der Waals surface area contributed by atoms with Gasteiger partial charge in [0.05, 0.1) is 0 Å². The SMILES string of the molecule is Nc1cc(Cl)nc(Oc2ccccc2)c1. The minimum Gasteiger partial charge on any atom is -0.439 e. The molecule has 4 heteroatoms. The molecule has 3 nitrogen and oxygen atoms in total. The first kappa shape index (κ1) is 9.80. The van der Waals surface area contributed by atoms with Gasteiger partial charge in [0.1, 0.15) is 10.9 Å². The van der Waals surface area contributed by atoms with E-state index in [4.69, 9.17) is 22.1 Å². The third-order valence-corrected chi connectivity index (χ3v) is 1.95. The first-order valence-electron chi connectivity index (χ1n) is 4.40. The van der Waals surface area contributed by atoms with Gasteiger partial charge in [-0.2, -0.15) is 0 Å². The van der Waals surface area contributed by atoms with Gasteiger partial charge in [-0.05, 0) is 18.2 Å². The normalized spacial score (nSPS) is 9.93. The van der Waals surface area contributed by atoms with Gasteiger partial charge in [-0.1, -0.05) is 29.8 Å². The predicted octanol–water partition coefficient (Wildman–Crippen LogP) is 3.11. The lowest BCUT2D eigenvalue weighted by atomic mass is 10.3. The molecule has 76 valence electrons. The Kier molecular flexibility index (Phi) is 2.74. The first-order chi connectivity index (χ1) is 7.24. The Labute approximate surface area is 92.5 Å². The Hall–Kier alpha value is -1.74. The van der Waals surface area contributed by atoms with Crippen LogP contribution in [0.4, 0.5) is 5.69 Å². The average molecular weight is 221 g/mol. The Balaban J connectivity index is 2.25. The molecular formula is C11H9ClN2O. The fourth-order valence-corrected chi connectivity index (χ4v) is 1.36. The lowest BCUT2D eigenvalue weighted by molar-refractivity contribution is 0.463. The zero-order chi connectivity index (χ0) is 10.7. The summed E-state index contributed by atoms with van der Waals surface area (Å²) in [5, 5.41) is 0.320. The molecule has 2 aromatic rings. The van der Waals surface area contributed by atoms with E-state index in [1.54, 1.807) is 12.1 Å². The van der Waals surface area contributed by atoms with E-state index in [0.29, 0.717) is 22.5 Å². The van der Waals surface area contributed by atoms with Crippen LogP contribution < -0.4 is 10.5 Å². The summed E-state index contributed by atoms with van der Waals surface area (Å²) in [6.45, 7) is 0. The summed E-state index contributed by atoms with van der Waals surface area (Å²) in [5.41, 5.74) is 6.14. The first-order valence-corrected chi connectivity index (χ1v) is 4.78. The number of hydrogen-bond acceptors (Lipinski definition) is 3. The van der Waals surface area contributed by atoms with Gasteiger partial charge in [-0.25, -0.2) is 4.98 Å². The van der Waals surface area contributed by atoms with Crippen LogP contribution in [0.1, 0.15) is 0 Å². The Morgan fingerprint density at radius 3 is 2.53 bits per heavy atom. The maximum absolute atomic E-state index is 5.75. The fraction of sp³-hybridized carbons (Fsp3) is 0. The van der Waals surface area contributed by atoms with Crippen LogP contribution in [0.25, 0.3) is 0 Å². The van der Waals surface area contributed by atoms with Gasteiger partial charge in [-0.3, -0.25) is 0 Å². The quantitative estimate of drug-likeness (QED) is 0.792. The topological polar surface area (TPSA) is 48.1 Å². The lowest BCUT2D eigenvalue weighted by Crippen LogP contribution is -1.91. The zero-order valence-corrected chi connectivity index (χ0v) is 8.61. The summed E-state index contributed by atoms with van der Waals surface area (Å²) in [4.78, 5) is 3.99. The van der Waals surface area contributed by atoms with Crippen molar-refractivity contribution in [1.82, 2.24) is 4.98 Å². The van der Waals surface area contributed by atoms with Crippen LogP contribution in [-0.2, 0) is 0 Å². The summed E-state index contributed by atoms with van der Waals surface area (Å²) < 4.78 is 5.46. The van der Waals surface area contributed by atoms with Crippen LogP contribution in [0, 0.1) is 0 Å². The molecule has 1 heterocycles. The Morgan fingerprint density at radius 1 is 1.13 bits per heavy atom. The van der Waals surface area contributed by atoms with Gasteiger partial charge < -0.3 is 10.5 Å². The number of hydrogen-bond donors (Lipinski definition) is 1. The molecule has 2 N–H and O–H groups in total. The number of anilines is 1. The van der Waals surface area contributed by atoms with E-state index in [0.717, 1.165) is 0 Å². The average Bonchev–Trinajstić information content (AvgIpc) is 2.17. The van der Waals surface area contributed by atoms with Gasteiger partial charge >= 0.3 is 0 Å². The number of halogens is 1. The summed E-state index contributed by atoms with van der Waals surface area (Å²) >= 11 is 5.75. The van der Waals surface area contributed by atoms with Crippen LogP contribution in [0.5, 0.6) is 11.6 Å². The molecule has 0 aliphatic heterocycles. The molecular weight excluding hydrogens is 212 g/mol. The van der Waals surface area contributed by atoms with Gasteiger partial charge in [-0.15, -0.1) is 0 Å². The Bertz CT molecular complexity index is 439. The maximum Gasteiger partial charge on any atom is 0.222 e. The number of nitrogens with two attached hydrogens (primary N) is 1. The van der Waals surface area contributed by atoms with Gasteiger partial charge in [0.2, 0.25) is 5.88 Å². The van der Waals surface area contributed by atoms with E-state index in [2.05, 4.69) is 4.98 Å². The van der Waals surface area contributed by atoms with E-state index >= 15 is 0 Å². The van der Waals surface area contributed by atoms with Crippen LogP contribution >= 0.6 is 11.6 Å².